The first-order chi connectivity index (χ1) is 8.30. The van der Waals surface area contributed by atoms with Gasteiger partial charge in [0.15, 0.2) is 0 Å². The Labute approximate surface area is 127 Å². The lowest BCUT2D eigenvalue weighted by atomic mass is 10.3. The molecule has 0 atom stereocenters. The molecule has 0 saturated heterocycles. The average Bonchev–Trinajstić information content (AvgIpc) is 2.22. The number of nitrogens with one attached hydrogen (secondary N) is 1. The van der Waals surface area contributed by atoms with Crippen molar-refractivity contribution in [3.8, 4) is 0 Å². The fourth-order valence-electron chi connectivity index (χ4n) is 1.20. The molecule has 0 heterocycles. The fraction of sp³-hybridized carbons (Fsp3) is 0.300. The third-order valence-corrected chi connectivity index (χ3v) is 5.71. The Balaban J connectivity index is 2.64. The van der Waals surface area contributed by atoms with Crippen LogP contribution in [0.2, 0.25) is 0 Å². The van der Waals surface area contributed by atoms with Gasteiger partial charge < -0.3 is 5.11 Å². The van der Waals surface area contributed by atoms with Gasteiger partial charge in [-0.2, -0.15) is 0 Å². The second kappa shape index (κ2) is 6.71. The van der Waals surface area contributed by atoms with E-state index in [4.69, 9.17) is 5.11 Å². The predicted molar refractivity (Wildman–Crippen MR) is 81.1 cm³/mol. The van der Waals surface area contributed by atoms with Gasteiger partial charge in [-0.1, -0.05) is 0 Å². The average molecular weight is 448 g/mol. The molecule has 1 rings (SSSR count). The van der Waals surface area contributed by atoms with Crippen LogP contribution in [0.15, 0.2) is 22.7 Å². The summed E-state index contributed by atoms with van der Waals surface area (Å²) >= 11 is 5.42. The predicted octanol–water partition coefficient (Wildman–Crippen LogP) is 2.66. The third kappa shape index (κ3) is 5.53. The SMILES string of the molecule is O=C(O)CCCS(=O)(=O)Nc1ccc(I)c(Br)c1. The van der Waals surface area contributed by atoms with E-state index >= 15 is 0 Å². The van der Waals surface area contributed by atoms with Crippen molar-refractivity contribution in [3.05, 3.63) is 26.2 Å². The van der Waals surface area contributed by atoms with Crippen LogP contribution in [0.1, 0.15) is 12.8 Å². The molecular weight excluding hydrogens is 437 g/mol. The summed E-state index contributed by atoms with van der Waals surface area (Å²) in [5.41, 5.74) is 0.456. The maximum Gasteiger partial charge on any atom is 0.303 e. The van der Waals surface area contributed by atoms with Crippen LogP contribution >= 0.6 is 38.5 Å². The van der Waals surface area contributed by atoms with E-state index in [1.54, 1.807) is 18.2 Å². The number of carbonyl (C=O) groups is 1. The molecule has 0 bridgehead atoms. The maximum absolute atomic E-state index is 11.7. The Hall–Kier alpha value is -0.350. The van der Waals surface area contributed by atoms with E-state index in [1.165, 1.54) is 0 Å². The first-order valence-corrected chi connectivity index (χ1v) is 8.50. The maximum atomic E-state index is 11.7. The van der Waals surface area contributed by atoms with Crippen LogP contribution in [0.5, 0.6) is 0 Å². The molecule has 0 spiro atoms. The van der Waals surface area contributed by atoms with E-state index in [2.05, 4.69) is 43.2 Å². The Morgan fingerprint density at radius 3 is 2.67 bits per heavy atom. The second-order valence-corrected chi connectivity index (χ2v) is 7.41. The highest BCUT2D eigenvalue weighted by molar-refractivity contribution is 14.1. The number of hydrogen-bond donors (Lipinski definition) is 2. The summed E-state index contributed by atoms with van der Waals surface area (Å²) in [4.78, 5) is 10.3. The van der Waals surface area contributed by atoms with Gasteiger partial charge in [-0.3, -0.25) is 9.52 Å². The minimum Gasteiger partial charge on any atom is -0.481 e. The highest BCUT2D eigenvalue weighted by Crippen LogP contribution is 2.23. The quantitative estimate of drug-likeness (QED) is 0.656. The summed E-state index contributed by atoms with van der Waals surface area (Å²) < 4.78 is 27.5. The van der Waals surface area contributed by atoms with Crippen LogP contribution in [0.25, 0.3) is 0 Å². The summed E-state index contributed by atoms with van der Waals surface area (Å²) in [6, 6.07) is 5.09. The molecule has 0 aromatic heterocycles. The van der Waals surface area contributed by atoms with Gasteiger partial charge in [0.1, 0.15) is 0 Å². The molecule has 0 aliphatic carbocycles. The van der Waals surface area contributed by atoms with Crippen LogP contribution in [-0.4, -0.2) is 25.2 Å². The van der Waals surface area contributed by atoms with Gasteiger partial charge in [0.05, 0.1) is 5.75 Å². The van der Waals surface area contributed by atoms with E-state index in [0.717, 1.165) is 8.04 Å². The molecule has 0 aliphatic rings. The molecule has 5 nitrogen and oxygen atoms in total. The molecule has 0 amide bonds. The van der Waals surface area contributed by atoms with Crippen LogP contribution < -0.4 is 4.72 Å². The molecule has 1 aromatic rings. The fourth-order valence-corrected chi connectivity index (χ4v) is 3.03. The van der Waals surface area contributed by atoms with E-state index in [0.29, 0.717) is 5.69 Å². The smallest absolute Gasteiger partial charge is 0.303 e. The summed E-state index contributed by atoms with van der Waals surface area (Å²) in [6.07, 6.45) is -0.0620. The molecule has 0 fully saturated rings. The standard InChI is InChI=1S/C10H11BrINO4S/c11-8-6-7(3-4-9(8)12)13-18(16,17)5-1-2-10(14)15/h3-4,6,13H,1-2,5H2,(H,14,15). The molecule has 100 valence electrons. The topological polar surface area (TPSA) is 83.5 Å². The normalized spacial score (nSPS) is 11.2. The molecular formula is C10H11BrINO4S. The molecule has 0 saturated carbocycles. The van der Waals surface area contributed by atoms with Gasteiger partial charge in [-0.25, -0.2) is 8.42 Å². The van der Waals surface area contributed by atoms with Crippen molar-refractivity contribution < 1.29 is 18.3 Å². The van der Waals surface area contributed by atoms with Gasteiger partial charge in [0.25, 0.3) is 0 Å². The summed E-state index contributed by atoms with van der Waals surface area (Å²) in [7, 11) is -3.50. The molecule has 0 radical (unpaired) electrons. The molecule has 18 heavy (non-hydrogen) atoms. The second-order valence-electron chi connectivity index (χ2n) is 3.55. The molecule has 1 aromatic carbocycles. The monoisotopic (exact) mass is 447 g/mol. The first-order valence-electron chi connectivity index (χ1n) is 4.97. The van der Waals surface area contributed by atoms with Crippen molar-refractivity contribution >= 4 is 60.2 Å². The largest absolute Gasteiger partial charge is 0.481 e. The van der Waals surface area contributed by atoms with Gasteiger partial charge in [-0.05, 0) is 63.1 Å². The van der Waals surface area contributed by atoms with Gasteiger partial charge in [0, 0.05) is 20.2 Å². The van der Waals surface area contributed by atoms with Crippen LogP contribution in [0.4, 0.5) is 5.69 Å². The van der Waals surface area contributed by atoms with E-state index in [1.807, 2.05) is 0 Å². The number of halogens is 2. The Kier molecular flexibility index (Phi) is 5.86. The number of carboxylic acids is 1. The zero-order valence-electron chi connectivity index (χ0n) is 9.19. The highest BCUT2D eigenvalue weighted by atomic mass is 127. The zero-order valence-corrected chi connectivity index (χ0v) is 13.7. The van der Waals surface area contributed by atoms with Gasteiger partial charge >= 0.3 is 5.97 Å². The lowest BCUT2D eigenvalue weighted by molar-refractivity contribution is -0.137. The van der Waals surface area contributed by atoms with Crippen molar-refractivity contribution in [2.75, 3.05) is 10.5 Å². The summed E-state index contributed by atoms with van der Waals surface area (Å²) in [6.45, 7) is 0. The van der Waals surface area contributed by atoms with Crippen LogP contribution in [0.3, 0.4) is 0 Å². The number of rotatable bonds is 6. The lowest BCUT2D eigenvalue weighted by Gasteiger charge is -2.08. The van der Waals surface area contributed by atoms with E-state index < -0.39 is 16.0 Å². The van der Waals surface area contributed by atoms with Crippen molar-refractivity contribution in [3.63, 3.8) is 0 Å². The van der Waals surface area contributed by atoms with Crippen molar-refractivity contribution in [1.29, 1.82) is 0 Å². The molecule has 8 heteroatoms. The number of carboxylic acid groups (broad SMARTS) is 1. The van der Waals surface area contributed by atoms with Crippen molar-refractivity contribution in [1.82, 2.24) is 0 Å². The van der Waals surface area contributed by atoms with E-state index in [-0.39, 0.29) is 18.6 Å². The third-order valence-electron chi connectivity index (χ3n) is 2.00. The van der Waals surface area contributed by atoms with Gasteiger partial charge in [-0.15, -0.1) is 0 Å². The number of benzene rings is 1. The van der Waals surface area contributed by atoms with E-state index in [9.17, 15) is 13.2 Å². The number of anilines is 1. The van der Waals surface area contributed by atoms with Crippen LogP contribution in [0, 0.1) is 3.57 Å². The Bertz CT molecular complexity index is 547. The number of sulfonamides is 1. The summed E-state index contributed by atoms with van der Waals surface area (Å²) in [5.74, 6) is -1.20. The molecule has 2 N–H and O–H groups in total. The molecule has 0 aliphatic heterocycles. The summed E-state index contributed by atoms with van der Waals surface area (Å²) in [5, 5.41) is 8.44. The molecule has 0 unspecified atom stereocenters. The Morgan fingerprint density at radius 1 is 1.44 bits per heavy atom. The zero-order chi connectivity index (χ0) is 13.8. The number of aliphatic carboxylic acids is 1. The first kappa shape index (κ1) is 15.7. The van der Waals surface area contributed by atoms with Crippen LogP contribution in [-0.2, 0) is 14.8 Å². The minimum atomic E-state index is -3.50. The lowest BCUT2D eigenvalue weighted by Crippen LogP contribution is -2.17. The Morgan fingerprint density at radius 2 is 2.11 bits per heavy atom. The van der Waals surface area contributed by atoms with Crippen molar-refractivity contribution in [2.45, 2.75) is 12.8 Å². The number of hydrogen-bond acceptors (Lipinski definition) is 3. The highest BCUT2D eigenvalue weighted by Gasteiger charge is 2.12. The minimum absolute atomic E-state index is 0.0935. The van der Waals surface area contributed by atoms with Gasteiger partial charge in [0.2, 0.25) is 10.0 Å². The van der Waals surface area contributed by atoms with Crippen molar-refractivity contribution in [2.24, 2.45) is 0 Å².